The first-order chi connectivity index (χ1) is 13.9. The largest absolute Gasteiger partial charge is 0.478 e. The number of hydrogen-bond donors (Lipinski definition) is 1. The average Bonchev–Trinajstić information content (AvgIpc) is 2.95. The third-order valence-corrected chi connectivity index (χ3v) is 4.65. The molecule has 2 aromatic rings. The molecule has 2 aromatic carbocycles. The topological polar surface area (TPSA) is 101 Å². The smallest absolute Gasteiger partial charge is 0.339 e. The Morgan fingerprint density at radius 2 is 1.59 bits per heavy atom. The SMILES string of the molecule is O=C(O)/C(=C\c1ccccc1Cl)C(=O)COCCN1C(=O)c2ccccc2C1=O. The van der Waals surface area contributed by atoms with Gasteiger partial charge < -0.3 is 9.84 Å². The van der Waals surface area contributed by atoms with Crippen molar-refractivity contribution in [3.8, 4) is 0 Å². The van der Waals surface area contributed by atoms with E-state index in [2.05, 4.69) is 0 Å². The van der Waals surface area contributed by atoms with Gasteiger partial charge in [0.1, 0.15) is 12.2 Å². The van der Waals surface area contributed by atoms with E-state index in [4.69, 9.17) is 16.3 Å². The molecule has 0 saturated heterocycles. The summed E-state index contributed by atoms with van der Waals surface area (Å²) in [6.07, 6.45) is 1.18. The van der Waals surface area contributed by atoms with Crippen LogP contribution in [-0.2, 0) is 14.3 Å². The minimum absolute atomic E-state index is 0.0454. The first kappa shape index (κ1) is 20.4. The second-order valence-corrected chi connectivity index (χ2v) is 6.58. The van der Waals surface area contributed by atoms with Gasteiger partial charge in [0.25, 0.3) is 11.8 Å². The highest BCUT2D eigenvalue weighted by atomic mass is 35.5. The standard InChI is InChI=1S/C21H16ClNO6/c22-17-8-4-1-5-13(17)11-16(21(27)28)18(24)12-29-10-9-23-19(25)14-6-2-3-7-15(14)20(23)26/h1-8,11H,9-10,12H2,(H,27,28)/b16-11-. The second kappa shape index (κ2) is 8.81. The van der Waals surface area contributed by atoms with E-state index in [1.807, 2.05) is 0 Å². The van der Waals surface area contributed by atoms with Crippen molar-refractivity contribution in [1.82, 2.24) is 4.90 Å². The van der Waals surface area contributed by atoms with Crippen molar-refractivity contribution < 1.29 is 29.0 Å². The molecule has 2 amide bonds. The summed E-state index contributed by atoms with van der Waals surface area (Å²) in [6, 6.07) is 13.0. The van der Waals surface area contributed by atoms with Crippen LogP contribution >= 0.6 is 11.6 Å². The quantitative estimate of drug-likeness (QED) is 0.235. The fraction of sp³-hybridized carbons (Fsp3) is 0.143. The number of hydrogen-bond acceptors (Lipinski definition) is 5. The number of ether oxygens (including phenoxy) is 1. The number of nitrogens with zero attached hydrogens (tertiary/aromatic N) is 1. The Kier molecular flexibility index (Phi) is 6.21. The number of carboxylic acid groups (broad SMARTS) is 1. The zero-order valence-electron chi connectivity index (χ0n) is 15.1. The van der Waals surface area contributed by atoms with Gasteiger partial charge in [0.2, 0.25) is 0 Å². The van der Waals surface area contributed by atoms with Gasteiger partial charge in [0.05, 0.1) is 24.3 Å². The molecule has 0 bridgehead atoms. The van der Waals surface area contributed by atoms with E-state index < -0.39 is 35.7 Å². The van der Waals surface area contributed by atoms with Gasteiger partial charge in [-0.15, -0.1) is 0 Å². The minimum atomic E-state index is -1.40. The number of halogens is 1. The molecule has 148 valence electrons. The number of Topliss-reactive ketones (excluding diaryl/α,β-unsaturated/α-hetero) is 1. The number of aliphatic carboxylic acids is 1. The van der Waals surface area contributed by atoms with E-state index in [1.54, 1.807) is 48.5 Å². The lowest BCUT2D eigenvalue weighted by atomic mass is 10.1. The summed E-state index contributed by atoms with van der Waals surface area (Å²) in [5, 5.41) is 9.62. The van der Waals surface area contributed by atoms with Crippen molar-refractivity contribution in [3.63, 3.8) is 0 Å². The number of amides is 2. The van der Waals surface area contributed by atoms with E-state index in [9.17, 15) is 24.3 Å². The number of rotatable bonds is 8. The van der Waals surface area contributed by atoms with E-state index >= 15 is 0 Å². The van der Waals surface area contributed by atoms with Crippen molar-refractivity contribution >= 4 is 41.2 Å². The molecular formula is C21H16ClNO6. The third kappa shape index (κ3) is 4.42. The molecule has 1 aliphatic heterocycles. The van der Waals surface area contributed by atoms with Crippen LogP contribution in [0.4, 0.5) is 0 Å². The van der Waals surface area contributed by atoms with E-state index in [0.29, 0.717) is 21.7 Å². The van der Waals surface area contributed by atoms with Gasteiger partial charge in [-0.05, 0) is 29.8 Å². The zero-order valence-corrected chi connectivity index (χ0v) is 15.9. The maximum atomic E-state index is 12.3. The molecule has 0 radical (unpaired) electrons. The van der Waals surface area contributed by atoms with Crippen molar-refractivity contribution in [1.29, 1.82) is 0 Å². The van der Waals surface area contributed by atoms with Crippen LogP contribution in [0.2, 0.25) is 5.02 Å². The molecule has 7 nitrogen and oxygen atoms in total. The fourth-order valence-electron chi connectivity index (χ4n) is 2.85. The summed E-state index contributed by atoms with van der Waals surface area (Å²) in [6.45, 7) is -0.655. The molecule has 0 unspecified atom stereocenters. The summed E-state index contributed by atoms with van der Waals surface area (Å²) >= 11 is 5.99. The van der Waals surface area contributed by atoms with Gasteiger partial charge in [0.15, 0.2) is 5.78 Å². The van der Waals surface area contributed by atoms with Crippen LogP contribution in [0.15, 0.2) is 54.1 Å². The van der Waals surface area contributed by atoms with Crippen LogP contribution < -0.4 is 0 Å². The van der Waals surface area contributed by atoms with Gasteiger partial charge >= 0.3 is 5.97 Å². The second-order valence-electron chi connectivity index (χ2n) is 6.17. The highest BCUT2D eigenvalue weighted by Gasteiger charge is 2.34. The first-order valence-electron chi connectivity index (χ1n) is 8.66. The Labute approximate surface area is 171 Å². The highest BCUT2D eigenvalue weighted by molar-refractivity contribution is 6.32. The number of ketones is 1. The van der Waals surface area contributed by atoms with Crippen LogP contribution in [0, 0.1) is 0 Å². The van der Waals surface area contributed by atoms with Gasteiger partial charge in [-0.2, -0.15) is 0 Å². The molecule has 0 aromatic heterocycles. The molecule has 3 rings (SSSR count). The van der Waals surface area contributed by atoms with Gasteiger partial charge in [-0.1, -0.05) is 41.9 Å². The molecule has 1 heterocycles. The number of imide groups is 1. The summed E-state index contributed by atoms with van der Waals surface area (Å²) in [5.41, 5.74) is 0.568. The van der Waals surface area contributed by atoms with Gasteiger partial charge in [0, 0.05) is 5.02 Å². The Morgan fingerprint density at radius 3 is 2.17 bits per heavy atom. The molecule has 0 spiro atoms. The summed E-state index contributed by atoms with van der Waals surface area (Å²) < 4.78 is 5.22. The van der Waals surface area contributed by atoms with Gasteiger partial charge in [-0.3, -0.25) is 19.3 Å². The van der Waals surface area contributed by atoms with Crippen molar-refractivity contribution in [2.75, 3.05) is 19.8 Å². The van der Waals surface area contributed by atoms with E-state index in [1.165, 1.54) is 6.08 Å². The number of carbonyl (C=O) groups is 4. The zero-order chi connectivity index (χ0) is 21.0. The Hall–Kier alpha value is -3.29. The van der Waals surface area contributed by atoms with Crippen LogP contribution in [-0.4, -0.2) is 53.3 Å². The molecule has 0 atom stereocenters. The van der Waals surface area contributed by atoms with Crippen molar-refractivity contribution in [2.45, 2.75) is 0 Å². The maximum Gasteiger partial charge on any atom is 0.339 e. The highest BCUT2D eigenvalue weighted by Crippen LogP contribution is 2.22. The monoisotopic (exact) mass is 413 g/mol. The van der Waals surface area contributed by atoms with Crippen LogP contribution in [0.3, 0.4) is 0 Å². The molecule has 1 aliphatic rings. The molecule has 8 heteroatoms. The van der Waals surface area contributed by atoms with E-state index in [0.717, 1.165) is 4.90 Å². The lowest BCUT2D eigenvalue weighted by Crippen LogP contribution is -2.33. The minimum Gasteiger partial charge on any atom is -0.478 e. The predicted octanol–water partition coefficient (Wildman–Crippen LogP) is 2.69. The Morgan fingerprint density at radius 1 is 1.00 bits per heavy atom. The summed E-state index contributed by atoms with van der Waals surface area (Å²) in [7, 11) is 0. The molecule has 1 N–H and O–H groups in total. The van der Waals surface area contributed by atoms with Crippen molar-refractivity contribution in [2.24, 2.45) is 0 Å². The fourth-order valence-corrected chi connectivity index (χ4v) is 3.04. The average molecular weight is 414 g/mol. The molecular weight excluding hydrogens is 398 g/mol. The van der Waals surface area contributed by atoms with Crippen LogP contribution in [0.5, 0.6) is 0 Å². The maximum absolute atomic E-state index is 12.3. The molecule has 0 aliphatic carbocycles. The Bertz CT molecular complexity index is 994. The normalized spacial score (nSPS) is 13.6. The summed E-state index contributed by atoms with van der Waals surface area (Å²) in [5.74, 6) is -3.01. The lowest BCUT2D eigenvalue weighted by molar-refractivity contribution is -0.135. The first-order valence-corrected chi connectivity index (χ1v) is 9.03. The Balaban J connectivity index is 1.58. The van der Waals surface area contributed by atoms with E-state index in [-0.39, 0.29) is 13.2 Å². The molecule has 29 heavy (non-hydrogen) atoms. The van der Waals surface area contributed by atoms with Gasteiger partial charge in [-0.25, -0.2) is 4.79 Å². The third-order valence-electron chi connectivity index (χ3n) is 4.31. The number of carboxylic acids is 1. The van der Waals surface area contributed by atoms with Crippen molar-refractivity contribution in [3.05, 3.63) is 75.8 Å². The summed E-state index contributed by atoms with van der Waals surface area (Å²) in [4.78, 5) is 49.2. The number of benzene rings is 2. The number of carbonyl (C=O) groups excluding carboxylic acids is 3. The lowest BCUT2D eigenvalue weighted by Gasteiger charge is -2.13. The van der Waals surface area contributed by atoms with Crippen LogP contribution in [0.1, 0.15) is 26.3 Å². The van der Waals surface area contributed by atoms with Crippen LogP contribution in [0.25, 0.3) is 6.08 Å². The predicted molar refractivity (Wildman–Crippen MR) is 105 cm³/mol. The molecule has 0 saturated carbocycles. The molecule has 0 fully saturated rings. The number of fused-ring (bicyclic) bond motifs is 1.